The minimum absolute atomic E-state index is 0.115. The number of carbonyl (C=O) groups is 1. The van der Waals surface area contributed by atoms with Gasteiger partial charge in [-0.3, -0.25) is 9.78 Å². The van der Waals surface area contributed by atoms with E-state index in [0.29, 0.717) is 62.1 Å². The topological polar surface area (TPSA) is 108 Å². The molecule has 228 valence electrons. The Kier molecular flexibility index (Phi) is 8.30. The van der Waals surface area contributed by atoms with Crippen molar-refractivity contribution in [2.45, 2.75) is 63.1 Å². The number of hydrogen-bond donors (Lipinski definition) is 1. The van der Waals surface area contributed by atoms with Gasteiger partial charge in [0.1, 0.15) is 23.4 Å². The van der Waals surface area contributed by atoms with E-state index in [2.05, 4.69) is 24.9 Å². The summed E-state index contributed by atoms with van der Waals surface area (Å²) in [5.41, 5.74) is -0.377. The molecular formula is C31H36F3N7O2. The molecule has 9 nitrogen and oxygen atoms in total. The highest BCUT2D eigenvalue weighted by atomic mass is 19.4. The van der Waals surface area contributed by atoms with Crippen LogP contribution in [-0.4, -0.2) is 67.0 Å². The Bertz CT molecular complexity index is 1390. The summed E-state index contributed by atoms with van der Waals surface area (Å²) < 4.78 is 39.1. The van der Waals surface area contributed by atoms with Gasteiger partial charge in [0, 0.05) is 62.3 Å². The minimum Gasteiger partial charge on any atom is -0.384 e. The Morgan fingerprint density at radius 3 is 2.35 bits per heavy atom. The number of pyridine rings is 1. The van der Waals surface area contributed by atoms with Crippen LogP contribution in [0, 0.1) is 17.8 Å². The molecule has 3 aromatic rings. The van der Waals surface area contributed by atoms with Gasteiger partial charge in [-0.15, -0.1) is 0 Å². The smallest absolute Gasteiger partial charge is 0.384 e. The van der Waals surface area contributed by atoms with E-state index in [4.69, 9.17) is 0 Å². The molecule has 3 aliphatic rings. The highest BCUT2D eigenvalue weighted by molar-refractivity contribution is 5.79. The second-order valence-electron chi connectivity index (χ2n) is 12.2. The van der Waals surface area contributed by atoms with Crippen molar-refractivity contribution in [3.8, 4) is 11.4 Å². The summed E-state index contributed by atoms with van der Waals surface area (Å²) in [5, 5.41) is 11.4. The summed E-state index contributed by atoms with van der Waals surface area (Å²) >= 11 is 0. The molecule has 3 fully saturated rings. The van der Waals surface area contributed by atoms with Crippen molar-refractivity contribution in [2.24, 2.45) is 17.8 Å². The monoisotopic (exact) mass is 595 g/mol. The number of rotatable bonds is 6. The normalized spacial score (nSPS) is 25.2. The Hall–Kier alpha value is -3.67. The van der Waals surface area contributed by atoms with Crippen LogP contribution in [-0.2, 0) is 16.6 Å². The lowest BCUT2D eigenvalue weighted by Crippen LogP contribution is -2.42. The molecule has 43 heavy (non-hydrogen) atoms. The summed E-state index contributed by atoms with van der Waals surface area (Å²) in [6, 6.07) is 6.54. The van der Waals surface area contributed by atoms with Crippen molar-refractivity contribution in [1.29, 1.82) is 0 Å². The third kappa shape index (κ3) is 6.63. The second-order valence-corrected chi connectivity index (χ2v) is 12.2. The molecule has 2 saturated heterocycles. The number of hydrogen-bond acceptors (Lipinski definition) is 8. The molecule has 3 aromatic heterocycles. The van der Waals surface area contributed by atoms with Crippen molar-refractivity contribution >= 4 is 11.7 Å². The lowest BCUT2D eigenvalue weighted by Gasteiger charge is -2.36. The Labute approximate surface area is 248 Å². The number of carbonyl (C=O) groups excluding carboxylic acids is 1. The number of anilines is 1. The molecule has 0 radical (unpaired) electrons. The second kappa shape index (κ2) is 12.1. The van der Waals surface area contributed by atoms with Gasteiger partial charge in [-0.2, -0.15) is 13.2 Å². The van der Waals surface area contributed by atoms with Gasteiger partial charge in [0.05, 0.1) is 5.69 Å². The van der Waals surface area contributed by atoms with Gasteiger partial charge in [-0.05, 0) is 81.4 Å². The van der Waals surface area contributed by atoms with Gasteiger partial charge < -0.3 is 14.9 Å². The van der Waals surface area contributed by atoms with Gasteiger partial charge >= 0.3 is 6.18 Å². The highest BCUT2D eigenvalue weighted by Gasteiger charge is 2.39. The first-order valence-corrected chi connectivity index (χ1v) is 15.1. The number of piperidine rings is 1. The zero-order valence-electron chi connectivity index (χ0n) is 24.0. The number of halogens is 3. The van der Waals surface area contributed by atoms with E-state index in [-0.39, 0.29) is 17.6 Å². The van der Waals surface area contributed by atoms with Crippen molar-refractivity contribution < 1.29 is 23.1 Å². The summed E-state index contributed by atoms with van der Waals surface area (Å²) in [5.74, 6) is 1.87. The Morgan fingerprint density at radius 2 is 1.67 bits per heavy atom. The molecule has 1 saturated carbocycles. The molecule has 6 rings (SSSR count). The predicted octanol–water partition coefficient (Wildman–Crippen LogP) is 4.88. The van der Waals surface area contributed by atoms with Gasteiger partial charge in [-0.1, -0.05) is 0 Å². The molecule has 1 N–H and O–H groups in total. The molecule has 0 bridgehead atoms. The molecule has 2 aliphatic heterocycles. The van der Waals surface area contributed by atoms with Crippen LogP contribution in [0.15, 0.2) is 49.2 Å². The van der Waals surface area contributed by atoms with Crippen molar-refractivity contribution in [3.63, 3.8) is 0 Å². The van der Waals surface area contributed by atoms with Gasteiger partial charge in [0.15, 0.2) is 5.82 Å². The number of amides is 1. The van der Waals surface area contributed by atoms with Crippen LogP contribution in [0.25, 0.3) is 11.4 Å². The first-order valence-electron chi connectivity index (χ1n) is 15.1. The van der Waals surface area contributed by atoms with E-state index in [9.17, 15) is 23.1 Å². The van der Waals surface area contributed by atoms with Crippen LogP contribution in [0.2, 0.25) is 0 Å². The zero-order chi connectivity index (χ0) is 30.0. The van der Waals surface area contributed by atoms with E-state index >= 15 is 0 Å². The molecule has 0 aromatic carbocycles. The molecule has 1 aliphatic carbocycles. The number of nitrogens with zero attached hydrogens (tertiary/aromatic N) is 7. The van der Waals surface area contributed by atoms with E-state index in [0.717, 1.165) is 56.7 Å². The van der Waals surface area contributed by atoms with Crippen molar-refractivity contribution in [2.75, 3.05) is 31.1 Å². The Balaban J connectivity index is 0.955. The first kappa shape index (κ1) is 29.4. The predicted molar refractivity (Wildman–Crippen MR) is 152 cm³/mol. The largest absolute Gasteiger partial charge is 0.433 e. The molecular weight excluding hydrogens is 559 g/mol. The van der Waals surface area contributed by atoms with Gasteiger partial charge in [0.25, 0.3) is 0 Å². The average Bonchev–Trinajstić information content (AvgIpc) is 3.51. The van der Waals surface area contributed by atoms with Gasteiger partial charge in [-0.25, -0.2) is 19.9 Å². The summed E-state index contributed by atoms with van der Waals surface area (Å²) in [6.45, 7) is 2.49. The lowest BCUT2D eigenvalue weighted by molar-refractivity contribution is -0.141. The number of aromatic nitrogens is 5. The van der Waals surface area contributed by atoms with E-state index in [1.807, 2.05) is 17.0 Å². The molecule has 12 heteroatoms. The lowest BCUT2D eigenvalue weighted by atomic mass is 9.74. The quantitative estimate of drug-likeness (QED) is 0.430. The summed E-state index contributed by atoms with van der Waals surface area (Å²) in [4.78, 5) is 37.5. The molecule has 5 heterocycles. The van der Waals surface area contributed by atoms with Crippen LogP contribution in [0.5, 0.6) is 0 Å². The zero-order valence-corrected chi connectivity index (χ0v) is 24.0. The van der Waals surface area contributed by atoms with E-state index in [1.54, 1.807) is 29.6 Å². The average molecular weight is 596 g/mol. The SMILES string of the molecule is O=C(C1CCN(c2cc(C(F)(F)F)ncn2)CC1)N1CC[C@H](CC2CCC(O)(c3ccc(-c4ncccn4)cn3)CC2)C1. The number of likely N-dealkylation sites (tertiary alicyclic amines) is 1. The minimum atomic E-state index is -4.51. The summed E-state index contributed by atoms with van der Waals surface area (Å²) in [6.07, 6.45) is 7.93. The van der Waals surface area contributed by atoms with Crippen LogP contribution in [0.3, 0.4) is 0 Å². The van der Waals surface area contributed by atoms with Crippen molar-refractivity contribution in [1.82, 2.24) is 29.8 Å². The molecule has 1 amide bonds. The maximum Gasteiger partial charge on any atom is 0.433 e. The molecule has 1 atom stereocenters. The maximum absolute atomic E-state index is 13.3. The van der Waals surface area contributed by atoms with Gasteiger partial charge in [0.2, 0.25) is 5.91 Å². The standard InChI is InChI=1S/C31H36F3N7O2/c32-31(33,34)26-17-27(39-20-38-26)40-14-7-23(8-15-40)29(42)41-13-6-22(19-41)16-21-4-9-30(43,10-5-21)25-3-2-24(18-37-25)28-35-11-1-12-36-28/h1-3,11-12,17-18,20-23,43H,4-10,13-16,19H2/t21?,22-,30?/m1/s1. The fourth-order valence-corrected chi connectivity index (χ4v) is 6.88. The van der Waals surface area contributed by atoms with E-state index in [1.165, 1.54) is 0 Å². The molecule has 0 spiro atoms. The fourth-order valence-electron chi connectivity index (χ4n) is 6.88. The first-order chi connectivity index (χ1) is 20.7. The van der Waals surface area contributed by atoms with Crippen LogP contribution in [0.4, 0.5) is 19.0 Å². The Morgan fingerprint density at radius 1 is 0.930 bits per heavy atom. The van der Waals surface area contributed by atoms with Crippen LogP contribution in [0.1, 0.15) is 62.8 Å². The third-order valence-corrected chi connectivity index (χ3v) is 9.37. The third-order valence-electron chi connectivity index (χ3n) is 9.37. The fraction of sp³-hybridized carbons (Fsp3) is 0.548. The summed E-state index contributed by atoms with van der Waals surface area (Å²) in [7, 11) is 0. The van der Waals surface area contributed by atoms with Crippen LogP contribution < -0.4 is 4.90 Å². The highest BCUT2D eigenvalue weighted by Crippen LogP contribution is 2.42. The maximum atomic E-state index is 13.3. The molecule has 0 unspecified atom stereocenters. The van der Waals surface area contributed by atoms with E-state index < -0.39 is 17.5 Å². The van der Waals surface area contributed by atoms with Crippen molar-refractivity contribution in [3.05, 3.63) is 60.6 Å². The van der Waals surface area contributed by atoms with Crippen LogP contribution >= 0.6 is 0 Å². The number of aliphatic hydroxyl groups is 1. The number of alkyl halides is 3.